The number of aldehydes is 1. The highest BCUT2D eigenvalue weighted by molar-refractivity contribution is 6.30. The van der Waals surface area contributed by atoms with Gasteiger partial charge in [-0.25, -0.2) is 9.37 Å². The SMILES string of the molecule is O=Cc1nccn1Cc1cc(Cl)ccc1F. The monoisotopic (exact) mass is 238 g/mol. The van der Waals surface area contributed by atoms with Crippen molar-refractivity contribution in [1.82, 2.24) is 9.55 Å². The number of aromatic nitrogens is 2. The maximum absolute atomic E-state index is 13.4. The van der Waals surface area contributed by atoms with Crippen molar-refractivity contribution in [2.24, 2.45) is 0 Å². The molecule has 1 aromatic heterocycles. The summed E-state index contributed by atoms with van der Waals surface area (Å²) in [5.74, 6) is -0.0886. The normalized spacial score (nSPS) is 10.4. The van der Waals surface area contributed by atoms with Gasteiger partial charge in [0.15, 0.2) is 12.1 Å². The Morgan fingerprint density at radius 2 is 2.31 bits per heavy atom. The molecule has 16 heavy (non-hydrogen) atoms. The Hall–Kier alpha value is -1.68. The van der Waals surface area contributed by atoms with E-state index in [1.807, 2.05) is 0 Å². The zero-order valence-electron chi connectivity index (χ0n) is 8.23. The molecule has 0 spiro atoms. The second-order valence-corrected chi connectivity index (χ2v) is 3.70. The molecule has 1 aromatic carbocycles. The van der Waals surface area contributed by atoms with Crippen molar-refractivity contribution < 1.29 is 9.18 Å². The Morgan fingerprint density at radius 3 is 3.06 bits per heavy atom. The smallest absolute Gasteiger partial charge is 0.185 e. The van der Waals surface area contributed by atoms with Gasteiger partial charge in [-0.3, -0.25) is 4.79 Å². The fourth-order valence-electron chi connectivity index (χ4n) is 1.42. The van der Waals surface area contributed by atoms with Crippen LogP contribution in [0.3, 0.4) is 0 Å². The van der Waals surface area contributed by atoms with E-state index in [2.05, 4.69) is 4.98 Å². The topological polar surface area (TPSA) is 34.9 Å². The summed E-state index contributed by atoms with van der Waals surface area (Å²) in [6, 6.07) is 4.32. The zero-order chi connectivity index (χ0) is 11.5. The third kappa shape index (κ3) is 2.12. The molecule has 0 fully saturated rings. The van der Waals surface area contributed by atoms with Gasteiger partial charge in [-0.2, -0.15) is 0 Å². The molecule has 0 aliphatic carbocycles. The number of nitrogens with zero attached hydrogens (tertiary/aromatic N) is 2. The van der Waals surface area contributed by atoms with Crippen LogP contribution in [0.4, 0.5) is 4.39 Å². The molecule has 0 amide bonds. The van der Waals surface area contributed by atoms with Gasteiger partial charge < -0.3 is 4.57 Å². The van der Waals surface area contributed by atoms with E-state index < -0.39 is 0 Å². The number of imidazole rings is 1. The lowest BCUT2D eigenvalue weighted by Crippen LogP contribution is -2.05. The molecule has 0 unspecified atom stereocenters. The van der Waals surface area contributed by atoms with E-state index in [1.54, 1.807) is 10.8 Å². The first-order valence-electron chi connectivity index (χ1n) is 4.61. The first kappa shape index (κ1) is 10.8. The quantitative estimate of drug-likeness (QED) is 0.771. The lowest BCUT2D eigenvalue weighted by molar-refractivity contribution is 0.111. The molecular weight excluding hydrogens is 231 g/mol. The third-order valence-electron chi connectivity index (χ3n) is 2.20. The van der Waals surface area contributed by atoms with E-state index in [0.717, 1.165) is 0 Å². The highest BCUT2D eigenvalue weighted by Gasteiger charge is 2.06. The van der Waals surface area contributed by atoms with Gasteiger partial charge in [-0.1, -0.05) is 11.6 Å². The van der Waals surface area contributed by atoms with Crippen LogP contribution in [0.2, 0.25) is 5.02 Å². The Kier molecular flexibility index (Phi) is 3.01. The van der Waals surface area contributed by atoms with Gasteiger partial charge in [-0.15, -0.1) is 0 Å². The van der Waals surface area contributed by atoms with E-state index in [0.29, 0.717) is 16.9 Å². The summed E-state index contributed by atoms with van der Waals surface area (Å²) in [4.78, 5) is 14.4. The van der Waals surface area contributed by atoms with Gasteiger partial charge in [0.2, 0.25) is 0 Å². The van der Waals surface area contributed by atoms with Crippen molar-refractivity contribution in [3.63, 3.8) is 0 Å². The Bertz CT molecular complexity index is 524. The summed E-state index contributed by atoms with van der Waals surface area (Å²) < 4.78 is 15.0. The minimum atomic E-state index is -0.352. The molecule has 82 valence electrons. The van der Waals surface area contributed by atoms with E-state index in [-0.39, 0.29) is 18.2 Å². The standard InChI is InChI=1S/C11H8ClFN2O/c12-9-1-2-10(13)8(5-9)6-15-4-3-14-11(15)7-16/h1-5,7H,6H2. The number of rotatable bonds is 3. The number of hydrogen-bond acceptors (Lipinski definition) is 2. The largest absolute Gasteiger partial charge is 0.324 e. The second-order valence-electron chi connectivity index (χ2n) is 3.27. The van der Waals surface area contributed by atoms with Crippen LogP contribution in [0, 0.1) is 5.82 Å². The van der Waals surface area contributed by atoms with Crippen LogP contribution in [0.5, 0.6) is 0 Å². The van der Waals surface area contributed by atoms with E-state index in [9.17, 15) is 9.18 Å². The van der Waals surface area contributed by atoms with Gasteiger partial charge in [0.05, 0.1) is 6.54 Å². The zero-order valence-corrected chi connectivity index (χ0v) is 8.99. The number of halogens is 2. The Balaban J connectivity index is 2.33. The summed E-state index contributed by atoms with van der Waals surface area (Å²) in [7, 11) is 0. The molecular formula is C11H8ClFN2O. The molecule has 1 heterocycles. The molecule has 0 aliphatic heterocycles. The lowest BCUT2D eigenvalue weighted by Gasteiger charge is -2.06. The molecule has 0 saturated heterocycles. The summed E-state index contributed by atoms with van der Waals surface area (Å²) in [6.07, 6.45) is 3.73. The van der Waals surface area contributed by atoms with Crippen LogP contribution in [0.15, 0.2) is 30.6 Å². The van der Waals surface area contributed by atoms with Crippen molar-refractivity contribution in [3.8, 4) is 0 Å². The van der Waals surface area contributed by atoms with Crippen molar-refractivity contribution in [2.75, 3.05) is 0 Å². The summed E-state index contributed by atoms with van der Waals surface area (Å²) in [5.41, 5.74) is 0.425. The van der Waals surface area contributed by atoms with E-state index >= 15 is 0 Å². The van der Waals surface area contributed by atoms with Gasteiger partial charge in [-0.05, 0) is 18.2 Å². The van der Waals surface area contributed by atoms with Crippen LogP contribution in [-0.2, 0) is 6.54 Å². The van der Waals surface area contributed by atoms with E-state index in [4.69, 9.17) is 11.6 Å². The average Bonchev–Trinajstić information content (AvgIpc) is 2.71. The Morgan fingerprint density at radius 1 is 1.50 bits per heavy atom. The number of carbonyl (C=O) groups is 1. The molecule has 0 radical (unpaired) electrons. The van der Waals surface area contributed by atoms with Crippen LogP contribution in [-0.4, -0.2) is 15.8 Å². The minimum absolute atomic E-state index is 0.237. The number of hydrogen-bond donors (Lipinski definition) is 0. The molecule has 3 nitrogen and oxygen atoms in total. The van der Waals surface area contributed by atoms with Gasteiger partial charge in [0.1, 0.15) is 5.82 Å². The highest BCUT2D eigenvalue weighted by atomic mass is 35.5. The van der Waals surface area contributed by atoms with Crippen molar-refractivity contribution in [1.29, 1.82) is 0 Å². The predicted octanol–water partition coefficient (Wildman–Crippen LogP) is 2.54. The maximum Gasteiger partial charge on any atom is 0.185 e. The molecule has 0 aliphatic rings. The second kappa shape index (κ2) is 4.45. The number of benzene rings is 1. The predicted molar refractivity (Wildman–Crippen MR) is 58.1 cm³/mol. The fraction of sp³-hybridized carbons (Fsp3) is 0.0909. The minimum Gasteiger partial charge on any atom is -0.324 e. The first-order chi connectivity index (χ1) is 7.70. The van der Waals surface area contributed by atoms with Crippen molar-refractivity contribution in [2.45, 2.75) is 6.54 Å². The maximum atomic E-state index is 13.4. The van der Waals surface area contributed by atoms with Gasteiger partial charge in [0.25, 0.3) is 0 Å². The molecule has 5 heteroatoms. The van der Waals surface area contributed by atoms with Crippen LogP contribution in [0.1, 0.15) is 16.2 Å². The van der Waals surface area contributed by atoms with E-state index in [1.165, 1.54) is 24.4 Å². The lowest BCUT2D eigenvalue weighted by atomic mass is 10.2. The molecule has 0 saturated carbocycles. The highest BCUT2D eigenvalue weighted by Crippen LogP contribution is 2.16. The third-order valence-corrected chi connectivity index (χ3v) is 2.44. The van der Waals surface area contributed by atoms with Gasteiger partial charge in [0, 0.05) is 23.0 Å². The molecule has 2 rings (SSSR count). The first-order valence-corrected chi connectivity index (χ1v) is 4.99. The molecule has 2 aromatic rings. The van der Waals surface area contributed by atoms with Crippen molar-refractivity contribution >= 4 is 17.9 Å². The summed E-state index contributed by atoms with van der Waals surface area (Å²) in [6.45, 7) is 0.237. The van der Waals surface area contributed by atoms with Gasteiger partial charge >= 0.3 is 0 Å². The van der Waals surface area contributed by atoms with Crippen LogP contribution in [0.25, 0.3) is 0 Å². The van der Waals surface area contributed by atoms with Crippen molar-refractivity contribution in [3.05, 3.63) is 52.8 Å². The fourth-order valence-corrected chi connectivity index (χ4v) is 1.62. The summed E-state index contributed by atoms with van der Waals surface area (Å²) in [5, 5.41) is 0.462. The molecule has 0 bridgehead atoms. The molecule has 0 atom stereocenters. The number of carbonyl (C=O) groups excluding carboxylic acids is 1. The molecule has 0 N–H and O–H groups in total. The van der Waals surface area contributed by atoms with Crippen LogP contribution >= 0.6 is 11.6 Å². The Labute approximate surface area is 96.5 Å². The van der Waals surface area contributed by atoms with Crippen LogP contribution < -0.4 is 0 Å². The summed E-state index contributed by atoms with van der Waals surface area (Å²) >= 11 is 5.77. The average molecular weight is 239 g/mol.